The van der Waals surface area contributed by atoms with Crippen LogP contribution in [0.15, 0.2) is 24.3 Å². The number of benzene rings is 1. The largest absolute Gasteiger partial charge is 0.467 e. The minimum absolute atomic E-state index is 0.0759. The number of alkyl carbamates (subject to hydrolysis) is 1. The van der Waals surface area contributed by atoms with E-state index in [1.807, 2.05) is 24.3 Å². The van der Waals surface area contributed by atoms with Crippen LogP contribution in [-0.4, -0.2) is 43.8 Å². The van der Waals surface area contributed by atoms with Crippen molar-refractivity contribution >= 4 is 18.0 Å². The van der Waals surface area contributed by atoms with Gasteiger partial charge in [-0.05, 0) is 87.8 Å². The molecule has 0 aromatic heterocycles. The highest BCUT2D eigenvalue weighted by molar-refractivity contribution is 5.93. The quantitative estimate of drug-likeness (QED) is 0.615. The summed E-state index contributed by atoms with van der Waals surface area (Å²) < 4.78 is 10.2. The fraction of sp³-hybridized carbons (Fsp3) is 0.625. The number of esters is 1. The summed E-state index contributed by atoms with van der Waals surface area (Å²) in [6.45, 7) is 5.37. The van der Waals surface area contributed by atoms with Gasteiger partial charge in [0.05, 0.1) is 7.11 Å². The van der Waals surface area contributed by atoms with Gasteiger partial charge in [-0.25, -0.2) is 9.59 Å². The number of hydrogen-bond acceptors (Lipinski definition) is 5. The van der Waals surface area contributed by atoms with E-state index in [1.54, 1.807) is 27.8 Å². The van der Waals surface area contributed by atoms with E-state index in [9.17, 15) is 14.4 Å². The van der Waals surface area contributed by atoms with Gasteiger partial charge >= 0.3 is 12.1 Å². The molecule has 2 amide bonds. The third kappa shape index (κ3) is 5.38. The van der Waals surface area contributed by atoms with Crippen LogP contribution in [0.25, 0.3) is 0 Å². The van der Waals surface area contributed by atoms with Gasteiger partial charge in [0.2, 0.25) is 0 Å². The van der Waals surface area contributed by atoms with E-state index in [0.29, 0.717) is 17.4 Å². The Kier molecular flexibility index (Phi) is 6.35. The third-order valence-electron chi connectivity index (χ3n) is 6.45. The van der Waals surface area contributed by atoms with Gasteiger partial charge in [-0.3, -0.25) is 4.79 Å². The van der Waals surface area contributed by atoms with Crippen molar-refractivity contribution in [1.29, 1.82) is 0 Å². The molecule has 1 atom stereocenters. The molecule has 4 rings (SSSR count). The average molecular weight is 431 g/mol. The monoisotopic (exact) mass is 430 g/mol. The Morgan fingerprint density at radius 2 is 1.68 bits per heavy atom. The van der Waals surface area contributed by atoms with Crippen molar-refractivity contribution in [2.45, 2.75) is 70.9 Å². The number of nitrogens with one attached hydrogen (secondary N) is 2. The molecule has 7 heteroatoms. The fourth-order valence-corrected chi connectivity index (χ4v) is 5.31. The summed E-state index contributed by atoms with van der Waals surface area (Å²) >= 11 is 0. The lowest BCUT2D eigenvalue weighted by atomic mass is 9.33. The Bertz CT molecular complexity index is 821. The van der Waals surface area contributed by atoms with Crippen LogP contribution < -0.4 is 10.6 Å². The molecule has 0 heterocycles. The molecule has 0 spiro atoms. The second-order valence-corrected chi connectivity index (χ2v) is 10.2. The highest BCUT2D eigenvalue weighted by Gasteiger charge is 2.67. The van der Waals surface area contributed by atoms with Gasteiger partial charge < -0.3 is 20.1 Å². The molecule has 3 aliphatic carbocycles. The van der Waals surface area contributed by atoms with Crippen LogP contribution in [0.5, 0.6) is 0 Å². The number of carbonyl (C=O) groups excluding carboxylic acids is 3. The van der Waals surface area contributed by atoms with Gasteiger partial charge in [-0.15, -0.1) is 0 Å². The summed E-state index contributed by atoms with van der Waals surface area (Å²) in [6.07, 6.45) is 5.27. The lowest BCUT2D eigenvalue weighted by molar-refractivity contribution is -0.215. The first kappa shape index (κ1) is 23.1. The number of hydrogen-bond donors (Lipinski definition) is 2. The first-order valence-electron chi connectivity index (χ1n) is 10.9. The Balaban J connectivity index is 1.49. The molecule has 2 bridgehead atoms. The van der Waals surface area contributed by atoms with Gasteiger partial charge in [0.25, 0.3) is 5.91 Å². The van der Waals surface area contributed by atoms with Gasteiger partial charge in [-0.1, -0.05) is 12.1 Å². The van der Waals surface area contributed by atoms with E-state index in [1.165, 1.54) is 12.7 Å². The maximum absolute atomic E-state index is 12.2. The summed E-state index contributed by atoms with van der Waals surface area (Å²) in [5.74, 6) is -0.506. The molecule has 3 aliphatic rings. The lowest BCUT2D eigenvalue weighted by Gasteiger charge is -2.72. The van der Waals surface area contributed by atoms with E-state index >= 15 is 0 Å². The second kappa shape index (κ2) is 8.52. The number of amides is 2. The van der Waals surface area contributed by atoms with Crippen molar-refractivity contribution in [1.82, 2.24) is 10.6 Å². The Morgan fingerprint density at radius 1 is 1.06 bits per heavy atom. The van der Waals surface area contributed by atoms with Crippen molar-refractivity contribution in [3.63, 3.8) is 0 Å². The highest BCUT2D eigenvalue weighted by Crippen LogP contribution is 2.76. The fourth-order valence-electron chi connectivity index (χ4n) is 5.31. The standard InChI is InChI=1S/C24H34N2O5/c1-22(2,3)31-21(29)26-18(20(28)30-5)12-24-13-23(14-24,15-24)11-10-16-6-8-17(9-7-16)19(27)25-4/h6-9,18H,10-15H2,1-5H3,(H,25,27)(H,26,29). The van der Waals surface area contributed by atoms with Crippen LogP contribution in [0.1, 0.15) is 68.8 Å². The third-order valence-corrected chi connectivity index (χ3v) is 6.45. The van der Waals surface area contributed by atoms with E-state index < -0.39 is 23.7 Å². The molecule has 3 fully saturated rings. The van der Waals surface area contributed by atoms with Crippen LogP contribution in [-0.2, 0) is 20.7 Å². The van der Waals surface area contributed by atoms with Crippen LogP contribution >= 0.6 is 0 Å². The van der Waals surface area contributed by atoms with E-state index in [0.717, 1.165) is 32.1 Å². The zero-order valence-electron chi connectivity index (χ0n) is 19.2. The highest BCUT2D eigenvalue weighted by atomic mass is 16.6. The average Bonchev–Trinajstić information content (AvgIpc) is 2.65. The van der Waals surface area contributed by atoms with Gasteiger partial charge in [0, 0.05) is 12.6 Å². The maximum atomic E-state index is 12.2. The summed E-state index contributed by atoms with van der Waals surface area (Å²) in [6, 6.07) is 7.07. The Labute approximate surface area is 184 Å². The first-order valence-corrected chi connectivity index (χ1v) is 10.9. The molecule has 1 aromatic carbocycles. The smallest absolute Gasteiger partial charge is 0.408 e. The lowest BCUT2D eigenvalue weighted by Crippen LogP contribution is -2.64. The zero-order valence-corrected chi connectivity index (χ0v) is 19.2. The number of carbonyl (C=O) groups is 3. The van der Waals surface area contributed by atoms with Gasteiger partial charge in [0.15, 0.2) is 0 Å². The second-order valence-electron chi connectivity index (χ2n) is 10.2. The topological polar surface area (TPSA) is 93.7 Å². The molecular formula is C24H34N2O5. The van der Waals surface area contributed by atoms with Crippen molar-refractivity contribution in [2.24, 2.45) is 10.8 Å². The van der Waals surface area contributed by atoms with Crippen LogP contribution in [0.4, 0.5) is 4.79 Å². The maximum Gasteiger partial charge on any atom is 0.408 e. The minimum atomic E-state index is -0.685. The number of methoxy groups -OCH3 is 1. The Morgan fingerprint density at radius 3 is 2.19 bits per heavy atom. The number of ether oxygens (including phenoxy) is 2. The SMILES string of the molecule is CNC(=O)c1ccc(CCC23CC(CC(NC(=O)OC(C)(C)C)C(=O)OC)(C2)C3)cc1. The Hall–Kier alpha value is -2.57. The van der Waals surface area contributed by atoms with Crippen molar-refractivity contribution in [3.05, 3.63) is 35.4 Å². The molecule has 31 heavy (non-hydrogen) atoms. The summed E-state index contributed by atoms with van der Waals surface area (Å²) in [7, 11) is 2.97. The molecule has 170 valence electrons. The predicted octanol–water partition coefficient (Wildman–Crippen LogP) is 3.61. The molecule has 1 unspecified atom stereocenters. The molecule has 3 saturated carbocycles. The number of rotatable bonds is 8. The molecule has 7 nitrogen and oxygen atoms in total. The molecule has 0 radical (unpaired) electrons. The van der Waals surface area contributed by atoms with Gasteiger partial charge in [0.1, 0.15) is 11.6 Å². The van der Waals surface area contributed by atoms with Crippen molar-refractivity contribution in [2.75, 3.05) is 14.2 Å². The van der Waals surface area contributed by atoms with Crippen LogP contribution in [0.3, 0.4) is 0 Å². The molecular weight excluding hydrogens is 396 g/mol. The molecule has 2 N–H and O–H groups in total. The summed E-state index contributed by atoms with van der Waals surface area (Å²) in [5.41, 5.74) is 1.72. The van der Waals surface area contributed by atoms with E-state index in [4.69, 9.17) is 9.47 Å². The molecule has 1 aromatic rings. The first-order chi connectivity index (χ1) is 14.5. The van der Waals surface area contributed by atoms with Crippen LogP contribution in [0, 0.1) is 10.8 Å². The summed E-state index contributed by atoms with van der Waals surface area (Å²) in [5, 5.41) is 5.32. The number of aryl methyl sites for hydroxylation is 1. The normalized spacial score (nSPS) is 24.8. The molecule has 0 aliphatic heterocycles. The van der Waals surface area contributed by atoms with E-state index in [2.05, 4.69) is 10.6 Å². The van der Waals surface area contributed by atoms with Crippen molar-refractivity contribution < 1.29 is 23.9 Å². The minimum Gasteiger partial charge on any atom is -0.467 e. The van der Waals surface area contributed by atoms with Crippen LogP contribution in [0.2, 0.25) is 0 Å². The molecule has 0 saturated heterocycles. The predicted molar refractivity (Wildman–Crippen MR) is 117 cm³/mol. The van der Waals surface area contributed by atoms with E-state index in [-0.39, 0.29) is 11.3 Å². The summed E-state index contributed by atoms with van der Waals surface area (Å²) in [4.78, 5) is 36.0. The van der Waals surface area contributed by atoms with Gasteiger partial charge in [-0.2, -0.15) is 0 Å². The van der Waals surface area contributed by atoms with Crippen molar-refractivity contribution in [3.8, 4) is 0 Å². The zero-order chi connectivity index (χ0) is 22.9.